The molecule has 1 aromatic carbocycles. The molecule has 0 bridgehead atoms. The molecule has 1 unspecified atom stereocenters. The third-order valence-corrected chi connectivity index (χ3v) is 4.00. The highest BCUT2D eigenvalue weighted by Gasteiger charge is 2.38. The highest BCUT2D eigenvalue weighted by atomic mass is 19.1. The Balaban J connectivity index is 2.14. The molecule has 5 heteroatoms. The number of aliphatic hydroxyl groups is 1. The lowest BCUT2D eigenvalue weighted by atomic mass is 9.96. The van der Waals surface area contributed by atoms with Crippen molar-refractivity contribution in [2.45, 2.75) is 32.4 Å². The van der Waals surface area contributed by atoms with Gasteiger partial charge in [0.15, 0.2) is 0 Å². The van der Waals surface area contributed by atoms with E-state index >= 15 is 0 Å². The van der Waals surface area contributed by atoms with Crippen LogP contribution in [0.25, 0.3) is 0 Å². The van der Waals surface area contributed by atoms with Crippen LogP contribution in [0.5, 0.6) is 0 Å². The largest absolute Gasteiger partial charge is 0.387 e. The molecule has 0 saturated carbocycles. The van der Waals surface area contributed by atoms with Gasteiger partial charge in [-0.3, -0.25) is 9.69 Å². The minimum Gasteiger partial charge on any atom is -0.387 e. The number of hydrogen-bond donors (Lipinski definition) is 2. The van der Waals surface area contributed by atoms with Gasteiger partial charge in [-0.2, -0.15) is 0 Å². The number of aryl methyl sites for hydroxylation is 1. The zero-order chi connectivity index (χ0) is 14.9. The summed E-state index contributed by atoms with van der Waals surface area (Å²) in [6.45, 7) is 7.08. The van der Waals surface area contributed by atoms with Gasteiger partial charge >= 0.3 is 0 Å². The molecule has 0 aliphatic carbocycles. The van der Waals surface area contributed by atoms with E-state index in [4.69, 9.17) is 0 Å². The van der Waals surface area contributed by atoms with Gasteiger partial charge in [-0.05, 0) is 44.0 Å². The van der Waals surface area contributed by atoms with Crippen LogP contribution in [0.2, 0.25) is 0 Å². The van der Waals surface area contributed by atoms with Crippen LogP contribution in [0, 0.1) is 12.7 Å². The maximum atomic E-state index is 13.1. The van der Waals surface area contributed by atoms with E-state index in [2.05, 4.69) is 5.32 Å². The van der Waals surface area contributed by atoms with Crippen LogP contribution in [0.15, 0.2) is 18.2 Å². The quantitative estimate of drug-likeness (QED) is 0.879. The molecule has 2 N–H and O–H groups in total. The molecule has 0 radical (unpaired) electrons. The van der Waals surface area contributed by atoms with Crippen LogP contribution >= 0.6 is 0 Å². The monoisotopic (exact) mass is 280 g/mol. The van der Waals surface area contributed by atoms with Crippen molar-refractivity contribution in [2.75, 3.05) is 19.6 Å². The van der Waals surface area contributed by atoms with Crippen LogP contribution in [-0.4, -0.2) is 41.1 Å². The summed E-state index contributed by atoms with van der Waals surface area (Å²) in [6.07, 6.45) is -0.735. The third-order valence-electron chi connectivity index (χ3n) is 4.00. The fourth-order valence-corrected chi connectivity index (χ4v) is 2.58. The minimum absolute atomic E-state index is 0.0354. The number of β-amino-alcohol motifs (C(OH)–C–C–N with tert-alkyl or cyclic N) is 1. The fraction of sp³-hybridized carbons (Fsp3) is 0.533. The molecule has 1 fully saturated rings. The zero-order valence-electron chi connectivity index (χ0n) is 12.1. The number of nitrogens with zero attached hydrogens (tertiary/aromatic N) is 1. The average Bonchev–Trinajstić information content (AvgIpc) is 2.35. The maximum Gasteiger partial charge on any atom is 0.240 e. The smallest absolute Gasteiger partial charge is 0.240 e. The van der Waals surface area contributed by atoms with Crippen molar-refractivity contribution < 1.29 is 14.3 Å². The van der Waals surface area contributed by atoms with E-state index in [-0.39, 0.29) is 11.7 Å². The van der Waals surface area contributed by atoms with Crippen LogP contribution < -0.4 is 5.32 Å². The number of hydrogen-bond acceptors (Lipinski definition) is 3. The minimum atomic E-state index is -0.735. The molecule has 1 aromatic rings. The molecule has 0 spiro atoms. The molecular formula is C15H21FN2O2. The number of benzene rings is 1. The topological polar surface area (TPSA) is 52.6 Å². The van der Waals surface area contributed by atoms with Gasteiger partial charge in [0, 0.05) is 19.6 Å². The van der Waals surface area contributed by atoms with Crippen molar-refractivity contribution in [2.24, 2.45) is 0 Å². The standard InChI is InChI=1S/C15H21FN2O2/c1-10-8-11(16)4-5-12(10)13(19)9-18-7-6-17-14(20)15(18,2)3/h4-5,8,13,19H,6-7,9H2,1-3H3,(H,17,20). The lowest BCUT2D eigenvalue weighted by Crippen LogP contribution is -2.62. The summed E-state index contributed by atoms with van der Waals surface area (Å²) in [6, 6.07) is 4.36. The van der Waals surface area contributed by atoms with Gasteiger partial charge in [0.1, 0.15) is 5.82 Å². The summed E-state index contributed by atoms with van der Waals surface area (Å²) >= 11 is 0. The second-order valence-electron chi connectivity index (χ2n) is 5.78. The van der Waals surface area contributed by atoms with Crippen molar-refractivity contribution in [1.29, 1.82) is 0 Å². The molecule has 1 aliphatic rings. The summed E-state index contributed by atoms with van der Waals surface area (Å²) in [5.74, 6) is -0.345. The van der Waals surface area contributed by atoms with Gasteiger partial charge in [0.05, 0.1) is 11.6 Å². The Morgan fingerprint density at radius 3 is 2.85 bits per heavy atom. The van der Waals surface area contributed by atoms with E-state index in [0.717, 1.165) is 5.56 Å². The molecule has 4 nitrogen and oxygen atoms in total. The summed E-state index contributed by atoms with van der Waals surface area (Å²) in [7, 11) is 0. The van der Waals surface area contributed by atoms with Crippen LogP contribution in [0.1, 0.15) is 31.1 Å². The maximum absolute atomic E-state index is 13.1. The van der Waals surface area contributed by atoms with Crippen molar-refractivity contribution in [3.63, 3.8) is 0 Å². The van der Waals surface area contributed by atoms with E-state index in [1.165, 1.54) is 12.1 Å². The molecule has 1 amide bonds. The lowest BCUT2D eigenvalue weighted by molar-refractivity contribution is -0.136. The molecule has 0 aromatic heterocycles. The Hall–Kier alpha value is -1.46. The van der Waals surface area contributed by atoms with Gasteiger partial charge in [0.25, 0.3) is 0 Å². The molecule has 1 atom stereocenters. The molecule has 2 rings (SSSR count). The first-order chi connectivity index (χ1) is 9.32. The zero-order valence-corrected chi connectivity index (χ0v) is 12.1. The Labute approximate surface area is 118 Å². The number of piperazine rings is 1. The SMILES string of the molecule is Cc1cc(F)ccc1C(O)CN1CCNC(=O)C1(C)C. The van der Waals surface area contributed by atoms with E-state index in [9.17, 15) is 14.3 Å². The van der Waals surface area contributed by atoms with E-state index in [0.29, 0.717) is 25.2 Å². The number of carbonyl (C=O) groups excluding carboxylic acids is 1. The second kappa shape index (κ2) is 5.50. The first-order valence-electron chi connectivity index (χ1n) is 6.80. The second-order valence-corrected chi connectivity index (χ2v) is 5.78. The highest BCUT2D eigenvalue weighted by Crippen LogP contribution is 2.24. The van der Waals surface area contributed by atoms with Crippen LogP contribution in [0.4, 0.5) is 4.39 Å². The summed E-state index contributed by atoms with van der Waals surface area (Å²) < 4.78 is 13.1. The van der Waals surface area contributed by atoms with Crippen molar-refractivity contribution in [3.05, 3.63) is 35.1 Å². The van der Waals surface area contributed by atoms with Gasteiger partial charge in [0.2, 0.25) is 5.91 Å². The van der Waals surface area contributed by atoms with Crippen LogP contribution in [0.3, 0.4) is 0 Å². The summed E-state index contributed by atoms with van der Waals surface area (Å²) in [5, 5.41) is 13.2. The molecule has 1 aliphatic heterocycles. The number of amides is 1. The van der Waals surface area contributed by atoms with Gasteiger partial charge in [-0.1, -0.05) is 6.07 Å². The highest BCUT2D eigenvalue weighted by molar-refractivity contribution is 5.86. The Bertz CT molecular complexity index is 517. The molecule has 110 valence electrons. The normalized spacial score (nSPS) is 20.6. The fourth-order valence-electron chi connectivity index (χ4n) is 2.58. The number of rotatable bonds is 3. The van der Waals surface area contributed by atoms with Crippen molar-refractivity contribution in [1.82, 2.24) is 10.2 Å². The third kappa shape index (κ3) is 2.83. The van der Waals surface area contributed by atoms with E-state index in [1.807, 2.05) is 18.7 Å². The predicted molar refractivity (Wildman–Crippen MR) is 74.8 cm³/mol. The molecule has 20 heavy (non-hydrogen) atoms. The Morgan fingerprint density at radius 1 is 1.50 bits per heavy atom. The van der Waals surface area contributed by atoms with Crippen molar-refractivity contribution in [3.8, 4) is 0 Å². The number of carbonyl (C=O) groups is 1. The number of halogens is 1. The molecular weight excluding hydrogens is 259 g/mol. The number of nitrogens with one attached hydrogen (secondary N) is 1. The number of aliphatic hydroxyl groups excluding tert-OH is 1. The average molecular weight is 280 g/mol. The lowest BCUT2D eigenvalue weighted by Gasteiger charge is -2.42. The predicted octanol–water partition coefficient (Wildman–Crippen LogP) is 1.38. The van der Waals surface area contributed by atoms with Gasteiger partial charge in [-0.25, -0.2) is 4.39 Å². The molecule has 1 saturated heterocycles. The molecule has 1 heterocycles. The van der Waals surface area contributed by atoms with Crippen molar-refractivity contribution >= 4 is 5.91 Å². The van der Waals surface area contributed by atoms with E-state index < -0.39 is 11.6 Å². The Morgan fingerprint density at radius 2 is 2.20 bits per heavy atom. The van der Waals surface area contributed by atoms with Crippen LogP contribution in [-0.2, 0) is 4.79 Å². The van der Waals surface area contributed by atoms with Gasteiger partial charge in [-0.15, -0.1) is 0 Å². The first kappa shape index (κ1) is 14.9. The Kier molecular flexibility index (Phi) is 4.11. The summed E-state index contributed by atoms with van der Waals surface area (Å²) in [5.41, 5.74) is 0.776. The van der Waals surface area contributed by atoms with Gasteiger partial charge < -0.3 is 10.4 Å². The van der Waals surface area contributed by atoms with E-state index in [1.54, 1.807) is 13.0 Å². The summed E-state index contributed by atoms with van der Waals surface area (Å²) in [4.78, 5) is 13.8. The first-order valence-corrected chi connectivity index (χ1v) is 6.80.